The van der Waals surface area contributed by atoms with Crippen LogP contribution < -0.4 is 4.90 Å². The van der Waals surface area contributed by atoms with Gasteiger partial charge in [-0.15, -0.1) is 11.6 Å². The Morgan fingerprint density at radius 1 is 1.25 bits per heavy atom. The molecular formula is C18H28ClN. The topological polar surface area (TPSA) is 3.24 Å². The lowest BCUT2D eigenvalue weighted by Crippen LogP contribution is -2.35. The summed E-state index contributed by atoms with van der Waals surface area (Å²) in [6, 6.07) is 7.46. The fraction of sp³-hybridized carbons (Fsp3) is 0.667. The first kappa shape index (κ1) is 15.7. The third kappa shape index (κ3) is 3.91. The second-order valence-corrected chi connectivity index (χ2v) is 6.84. The lowest BCUT2D eigenvalue weighted by Gasteiger charge is -2.33. The summed E-state index contributed by atoms with van der Waals surface area (Å²) >= 11 is 5.95. The number of nitrogens with zero attached hydrogens (tertiary/aromatic N) is 1. The molecule has 0 aromatic heterocycles. The first-order valence-corrected chi connectivity index (χ1v) is 8.57. The molecule has 2 heteroatoms. The van der Waals surface area contributed by atoms with Gasteiger partial charge in [-0.05, 0) is 49.3 Å². The van der Waals surface area contributed by atoms with E-state index in [-0.39, 0.29) is 0 Å². The van der Waals surface area contributed by atoms with E-state index in [1.807, 2.05) is 0 Å². The molecule has 2 rings (SSSR count). The monoisotopic (exact) mass is 293 g/mol. The fourth-order valence-electron chi connectivity index (χ4n) is 3.24. The van der Waals surface area contributed by atoms with E-state index < -0.39 is 0 Å². The molecule has 1 aromatic carbocycles. The number of rotatable bonds is 6. The van der Waals surface area contributed by atoms with Crippen molar-refractivity contribution in [1.82, 2.24) is 0 Å². The van der Waals surface area contributed by atoms with Crippen LogP contribution in [-0.2, 0) is 5.88 Å². The minimum atomic E-state index is 0.608. The molecule has 1 aliphatic rings. The standard InChI is InChI=1S/C18H28ClN/c1-14(2)10-11-20(17-6-4-5-7-17)18-9-8-16(13-19)12-15(18)3/h8-9,12,14,17H,4-7,10-11,13H2,1-3H3. The maximum Gasteiger partial charge on any atom is 0.0474 e. The lowest BCUT2D eigenvalue weighted by molar-refractivity contribution is 0.528. The smallest absolute Gasteiger partial charge is 0.0474 e. The van der Waals surface area contributed by atoms with Crippen LogP contribution in [0.3, 0.4) is 0 Å². The van der Waals surface area contributed by atoms with Gasteiger partial charge in [0, 0.05) is 24.2 Å². The summed E-state index contributed by atoms with van der Waals surface area (Å²) < 4.78 is 0. The van der Waals surface area contributed by atoms with Crippen LogP contribution >= 0.6 is 11.6 Å². The predicted octanol–water partition coefficient (Wildman–Crippen LogP) is 5.53. The van der Waals surface area contributed by atoms with E-state index in [1.165, 1.54) is 55.5 Å². The molecule has 1 saturated carbocycles. The van der Waals surface area contributed by atoms with E-state index in [0.29, 0.717) is 5.88 Å². The van der Waals surface area contributed by atoms with Crippen molar-refractivity contribution in [3.8, 4) is 0 Å². The second-order valence-electron chi connectivity index (χ2n) is 6.57. The predicted molar refractivity (Wildman–Crippen MR) is 89.8 cm³/mol. The van der Waals surface area contributed by atoms with Crippen molar-refractivity contribution in [1.29, 1.82) is 0 Å². The third-order valence-electron chi connectivity index (χ3n) is 4.44. The first-order valence-electron chi connectivity index (χ1n) is 8.04. The third-order valence-corrected chi connectivity index (χ3v) is 4.75. The van der Waals surface area contributed by atoms with Crippen molar-refractivity contribution in [3.63, 3.8) is 0 Å². The molecule has 0 atom stereocenters. The summed E-state index contributed by atoms with van der Waals surface area (Å²) in [5.74, 6) is 1.37. The number of anilines is 1. The van der Waals surface area contributed by atoms with Crippen LogP contribution in [0.4, 0.5) is 5.69 Å². The molecule has 20 heavy (non-hydrogen) atoms. The van der Waals surface area contributed by atoms with Gasteiger partial charge in [0.1, 0.15) is 0 Å². The average molecular weight is 294 g/mol. The van der Waals surface area contributed by atoms with E-state index >= 15 is 0 Å². The molecule has 0 N–H and O–H groups in total. The van der Waals surface area contributed by atoms with Crippen LogP contribution in [0.2, 0.25) is 0 Å². The van der Waals surface area contributed by atoms with Gasteiger partial charge in [0.25, 0.3) is 0 Å². The van der Waals surface area contributed by atoms with Crippen LogP contribution in [-0.4, -0.2) is 12.6 Å². The summed E-state index contributed by atoms with van der Waals surface area (Å²) in [7, 11) is 0. The van der Waals surface area contributed by atoms with E-state index in [0.717, 1.165) is 12.0 Å². The summed E-state index contributed by atoms with van der Waals surface area (Å²) in [5, 5.41) is 0. The highest BCUT2D eigenvalue weighted by Crippen LogP contribution is 2.31. The molecule has 1 aliphatic carbocycles. The Bertz CT molecular complexity index is 421. The zero-order valence-corrected chi connectivity index (χ0v) is 13.9. The Morgan fingerprint density at radius 3 is 2.50 bits per heavy atom. The minimum absolute atomic E-state index is 0.608. The first-order chi connectivity index (χ1) is 9.61. The number of aryl methyl sites for hydroxylation is 1. The van der Waals surface area contributed by atoms with Crippen LogP contribution in [0, 0.1) is 12.8 Å². The maximum absolute atomic E-state index is 5.95. The van der Waals surface area contributed by atoms with Crippen molar-refractivity contribution in [2.75, 3.05) is 11.4 Å². The Balaban J connectivity index is 2.20. The Morgan fingerprint density at radius 2 is 1.95 bits per heavy atom. The second kappa shape index (κ2) is 7.36. The summed E-state index contributed by atoms with van der Waals surface area (Å²) in [5.41, 5.74) is 4.02. The van der Waals surface area contributed by atoms with Gasteiger partial charge in [0.15, 0.2) is 0 Å². The molecule has 112 valence electrons. The normalized spacial score (nSPS) is 16.1. The van der Waals surface area contributed by atoms with Gasteiger partial charge in [-0.3, -0.25) is 0 Å². The van der Waals surface area contributed by atoms with E-state index in [4.69, 9.17) is 11.6 Å². The van der Waals surface area contributed by atoms with Crippen LogP contribution in [0.5, 0.6) is 0 Å². The van der Waals surface area contributed by atoms with Crippen molar-refractivity contribution in [3.05, 3.63) is 29.3 Å². The van der Waals surface area contributed by atoms with Gasteiger partial charge in [0.2, 0.25) is 0 Å². The van der Waals surface area contributed by atoms with Crippen LogP contribution in [0.15, 0.2) is 18.2 Å². The van der Waals surface area contributed by atoms with Gasteiger partial charge in [-0.1, -0.05) is 38.8 Å². The number of benzene rings is 1. The van der Waals surface area contributed by atoms with Gasteiger partial charge in [0.05, 0.1) is 0 Å². The van der Waals surface area contributed by atoms with Gasteiger partial charge in [-0.2, -0.15) is 0 Å². The number of hydrogen-bond donors (Lipinski definition) is 0. The maximum atomic E-state index is 5.95. The molecule has 0 saturated heterocycles. The lowest BCUT2D eigenvalue weighted by atomic mass is 10.0. The van der Waals surface area contributed by atoms with Crippen LogP contribution in [0.1, 0.15) is 57.1 Å². The SMILES string of the molecule is Cc1cc(CCl)ccc1N(CCC(C)C)C1CCCC1. The highest BCUT2D eigenvalue weighted by atomic mass is 35.5. The molecule has 0 aliphatic heterocycles. The van der Waals surface area contributed by atoms with Crippen LogP contribution in [0.25, 0.3) is 0 Å². The zero-order valence-electron chi connectivity index (χ0n) is 13.2. The molecule has 0 spiro atoms. The van der Waals surface area contributed by atoms with Gasteiger partial charge >= 0.3 is 0 Å². The van der Waals surface area contributed by atoms with Gasteiger partial charge in [-0.25, -0.2) is 0 Å². The highest BCUT2D eigenvalue weighted by molar-refractivity contribution is 6.17. The fourth-order valence-corrected chi connectivity index (χ4v) is 3.40. The molecule has 1 aromatic rings. The zero-order chi connectivity index (χ0) is 14.5. The molecule has 0 amide bonds. The summed E-state index contributed by atoms with van der Waals surface area (Å²) in [6.07, 6.45) is 6.76. The minimum Gasteiger partial charge on any atom is -0.368 e. The molecule has 0 radical (unpaired) electrons. The Labute approximate surface area is 129 Å². The average Bonchev–Trinajstić information content (AvgIpc) is 2.94. The van der Waals surface area contributed by atoms with E-state index in [9.17, 15) is 0 Å². The van der Waals surface area contributed by atoms with Gasteiger partial charge < -0.3 is 4.90 Å². The van der Waals surface area contributed by atoms with E-state index in [1.54, 1.807) is 0 Å². The highest BCUT2D eigenvalue weighted by Gasteiger charge is 2.23. The molecule has 0 bridgehead atoms. The molecular weight excluding hydrogens is 266 g/mol. The Kier molecular flexibility index (Phi) is 5.77. The number of hydrogen-bond acceptors (Lipinski definition) is 1. The number of halogens is 1. The summed E-state index contributed by atoms with van der Waals surface area (Å²) in [4.78, 5) is 2.67. The molecule has 1 nitrogen and oxygen atoms in total. The Hall–Kier alpha value is -0.690. The van der Waals surface area contributed by atoms with Crippen molar-refractivity contribution in [2.45, 2.75) is 64.8 Å². The molecule has 0 unspecified atom stereocenters. The number of alkyl halides is 1. The molecule has 1 fully saturated rings. The van der Waals surface area contributed by atoms with Crippen molar-refractivity contribution >= 4 is 17.3 Å². The quantitative estimate of drug-likeness (QED) is 0.623. The van der Waals surface area contributed by atoms with Crippen molar-refractivity contribution < 1.29 is 0 Å². The van der Waals surface area contributed by atoms with Crippen molar-refractivity contribution in [2.24, 2.45) is 5.92 Å². The largest absolute Gasteiger partial charge is 0.368 e. The summed E-state index contributed by atoms with van der Waals surface area (Å²) in [6.45, 7) is 8.04. The van der Waals surface area contributed by atoms with E-state index in [2.05, 4.69) is 43.9 Å². The molecule has 0 heterocycles.